The van der Waals surface area contributed by atoms with E-state index in [0.29, 0.717) is 0 Å². The van der Waals surface area contributed by atoms with Crippen molar-refractivity contribution in [1.29, 1.82) is 5.26 Å². The van der Waals surface area contributed by atoms with Crippen LogP contribution in [0.15, 0.2) is 18.2 Å². The molecular weight excluding hydrogens is 253 g/mol. The third-order valence-corrected chi connectivity index (χ3v) is 3.41. The molecule has 0 amide bonds. The highest BCUT2D eigenvalue weighted by Gasteiger charge is 2.21. The van der Waals surface area contributed by atoms with Gasteiger partial charge in [-0.2, -0.15) is 5.26 Å². The summed E-state index contributed by atoms with van der Waals surface area (Å²) in [5.41, 5.74) is 0.755. The van der Waals surface area contributed by atoms with E-state index in [2.05, 4.69) is 16.3 Å². The molecule has 1 saturated heterocycles. The summed E-state index contributed by atoms with van der Waals surface area (Å²) in [5.74, 6) is -0.449. The maximum absolute atomic E-state index is 13.1. The first kappa shape index (κ1) is 13.3. The summed E-state index contributed by atoms with van der Waals surface area (Å²) in [7, 11) is 0. The van der Waals surface area contributed by atoms with E-state index < -0.39 is 5.82 Å². The average Bonchev–Trinajstić information content (AvgIpc) is 2.64. The Kier molecular flexibility index (Phi) is 4.54. The molecule has 1 unspecified atom stereocenters. The molecule has 1 aliphatic rings. The van der Waals surface area contributed by atoms with Gasteiger partial charge in [-0.3, -0.25) is 4.90 Å². The number of nitrogens with zero attached hydrogens (tertiary/aromatic N) is 2. The predicted molar refractivity (Wildman–Crippen MR) is 68.8 cm³/mol. The fraction of sp³-hybridized carbons (Fsp3) is 0.462. The number of hydrogen-bond donors (Lipinski definition) is 1. The number of nitriles is 1. The van der Waals surface area contributed by atoms with Crippen molar-refractivity contribution < 1.29 is 4.39 Å². The molecule has 18 heavy (non-hydrogen) atoms. The molecule has 1 atom stereocenters. The maximum atomic E-state index is 13.1. The van der Waals surface area contributed by atoms with Crippen LogP contribution in [0.4, 0.5) is 4.39 Å². The van der Waals surface area contributed by atoms with E-state index in [4.69, 9.17) is 11.6 Å². The van der Waals surface area contributed by atoms with Crippen LogP contribution in [0, 0.1) is 17.1 Å². The summed E-state index contributed by atoms with van der Waals surface area (Å²) in [6.07, 6.45) is 1.01. The normalized spacial score (nSPS) is 18.9. The lowest BCUT2D eigenvalue weighted by Crippen LogP contribution is -2.31. The quantitative estimate of drug-likeness (QED) is 0.894. The van der Waals surface area contributed by atoms with E-state index in [0.717, 1.165) is 38.2 Å². The zero-order valence-corrected chi connectivity index (χ0v) is 10.8. The van der Waals surface area contributed by atoms with Gasteiger partial charge in [0.1, 0.15) is 11.9 Å². The van der Waals surface area contributed by atoms with Gasteiger partial charge in [0.05, 0.1) is 11.1 Å². The molecule has 0 aliphatic carbocycles. The Morgan fingerprint density at radius 2 is 2.22 bits per heavy atom. The number of rotatable bonds is 2. The fourth-order valence-corrected chi connectivity index (χ4v) is 2.36. The Labute approximate surface area is 111 Å². The first-order chi connectivity index (χ1) is 8.72. The van der Waals surface area contributed by atoms with Crippen molar-refractivity contribution in [2.45, 2.75) is 12.5 Å². The summed E-state index contributed by atoms with van der Waals surface area (Å²) in [6.45, 7) is 3.51. The summed E-state index contributed by atoms with van der Waals surface area (Å²) >= 11 is 5.77. The van der Waals surface area contributed by atoms with Crippen LogP contribution in [0.5, 0.6) is 0 Å². The lowest BCUT2D eigenvalue weighted by atomic mass is 10.1. The average molecular weight is 268 g/mol. The van der Waals surface area contributed by atoms with Gasteiger partial charge in [0.25, 0.3) is 0 Å². The summed E-state index contributed by atoms with van der Waals surface area (Å²) in [5, 5.41) is 12.7. The Morgan fingerprint density at radius 3 is 2.94 bits per heavy atom. The smallest absolute Gasteiger partial charge is 0.141 e. The summed E-state index contributed by atoms with van der Waals surface area (Å²) in [6, 6.07) is 6.42. The monoisotopic (exact) mass is 267 g/mol. The van der Waals surface area contributed by atoms with Crippen LogP contribution < -0.4 is 5.32 Å². The molecule has 2 rings (SSSR count). The third-order valence-electron chi connectivity index (χ3n) is 3.12. The molecule has 1 fully saturated rings. The van der Waals surface area contributed by atoms with Gasteiger partial charge in [0.15, 0.2) is 0 Å². The highest BCUT2D eigenvalue weighted by atomic mass is 35.5. The van der Waals surface area contributed by atoms with Crippen molar-refractivity contribution in [3.63, 3.8) is 0 Å². The molecule has 1 heterocycles. The molecule has 0 bridgehead atoms. The molecule has 0 aromatic heterocycles. The Bertz CT molecular complexity index is 450. The van der Waals surface area contributed by atoms with Gasteiger partial charge in [-0.1, -0.05) is 17.7 Å². The van der Waals surface area contributed by atoms with Crippen molar-refractivity contribution in [2.75, 3.05) is 26.2 Å². The van der Waals surface area contributed by atoms with Crippen LogP contribution in [-0.2, 0) is 0 Å². The lowest BCUT2D eigenvalue weighted by Gasteiger charge is -2.25. The Balaban J connectivity index is 2.21. The molecule has 1 N–H and O–H groups in total. The molecular formula is C13H15ClFN3. The molecule has 1 aliphatic heterocycles. The minimum Gasteiger partial charge on any atom is -0.315 e. The van der Waals surface area contributed by atoms with Crippen LogP contribution in [0.3, 0.4) is 0 Å². The van der Waals surface area contributed by atoms with E-state index in [1.54, 1.807) is 12.1 Å². The van der Waals surface area contributed by atoms with Gasteiger partial charge in [-0.25, -0.2) is 4.39 Å². The minimum absolute atomic E-state index is 0.0701. The molecule has 0 radical (unpaired) electrons. The lowest BCUT2D eigenvalue weighted by molar-refractivity contribution is 0.252. The number of nitrogens with one attached hydrogen (secondary N) is 1. The summed E-state index contributed by atoms with van der Waals surface area (Å²) < 4.78 is 13.1. The van der Waals surface area contributed by atoms with Gasteiger partial charge in [-0.15, -0.1) is 0 Å². The Morgan fingerprint density at radius 1 is 1.39 bits per heavy atom. The SMILES string of the molecule is N#CC(c1ccc(F)c(Cl)c1)N1CCCNCC1. The second-order valence-corrected chi connectivity index (χ2v) is 4.75. The van der Waals surface area contributed by atoms with Gasteiger partial charge in [-0.05, 0) is 30.7 Å². The second-order valence-electron chi connectivity index (χ2n) is 4.34. The molecule has 96 valence electrons. The third kappa shape index (κ3) is 2.99. The van der Waals surface area contributed by atoms with Crippen LogP contribution >= 0.6 is 11.6 Å². The zero-order valence-electron chi connectivity index (χ0n) is 10.00. The maximum Gasteiger partial charge on any atom is 0.141 e. The van der Waals surface area contributed by atoms with Gasteiger partial charge < -0.3 is 5.32 Å². The number of hydrogen-bond acceptors (Lipinski definition) is 3. The fourth-order valence-electron chi connectivity index (χ4n) is 2.17. The van der Waals surface area contributed by atoms with E-state index in [-0.39, 0.29) is 11.1 Å². The van der Waals surface area contributed by atoms with Crippen molar-refractivity contribution in [3.8, 4) is 6.07 Å². The Hall–Kier alpha value is -1.15. The number of benzene rings is 1. The minimum atomic E-state index is -0.449. The molecule has 3 nitrogen and oxygen atoms in total. The van der Waals surface area contributed by atoms with Crippen molar-refractivity contribution >= 4 is 11.6 Å². The predicted octanol–water partition coefficient (Wildman–Crippen LogP) is 2.34. The molecule has 0 saturated carbocycles. The summed E-state index contributed by atoms with van der Waals surface area (Å²) in [4.78, 5) is 2.10. The van der Waals surface area contributed by atoms with Crippen LogP contribution in [-0.4, -0.2) is 31.1 Å². The van der Waals surface area contributed by atoms with E-state index in [1.807, 2.05) is 0 Å². The largest absolute Gasteiger partial charge is 0.315 e. The van der Waals surface area contributed by atoms with E-state index in [9.17, 15) is 9.65 Å². The van der Waals surface area contributed by atoms with Gasteiger partial charge in [0, 0.05) is 19.6 Å². The highest BCUT2D eigenvalue weighted by molar-refractivity contribution is 6.30. The highest BCUT2D eigenvalue weighted by Crippen LogP contribution is 2.25. The van der Waals surface area contributed by atoms with Crippen molar-refractivity contribution in [3.05, 3.63) is 34.6 Å². The van der Waals surface area contributed by atoms with Gasteiger partial charge >= 0.3 is 0 Å². The molecule has 5 heteroatoms. The van der Waals surface area contributed by atoms with Crippen LogP contribution in [0.2, 0.25) is 5.02 Å². The zero-order chi connectivity index (χ0) is 13.0. The standard InChI is InChI=1S/C13H15ClFN3/c14-11-8-10(2-3-12(11)15)13(9-16)18-6-1-4-17-5-7-18/h2-3,8,13,17H,1,4-7H2. The first-order valence-electron chi connectivity index (χ1n) is 6.01. The molecule has 1 aromatic carbocycles. The molecule has 1 aromatic rings. The topological polar surface area (TPSA) is 39.1 Å². The number of halogens is 2. The van der Waals surface area contributed by atoms with Gasteiger partial charge in [0.2, 0.25) is 0 Å². The van der Waals surface area contributed by atoms with E-state index in [1.165, 1.54) is 6.07 Å². The second kappa shape index (κ2) is 6.14. The van der Waals surface area contributed by atoms with Crippen molar-refractivity contribution in [1.82, 2.24) is 10.2 Å². The van der Waals surface area contributed by atoms with Crippen molar-refractivity contribution in [2.24, 2.45) is 0 Å². The van der Waals surface area contributed by atoms with Crippen LogP contribution in [0.25, 0.3) is 0 Å². The first-order valence-corrected chi connectivity index (χ1v) is 6.39. The van der Waals surface area contributed by atoms with E-state index >= 15 is 0 Å². The molecule has 0 spiro atoms. The van der Waals surface area contributed by atoms with Crippen LogP contribution in [0.1, 0.15) is 18.0 Å².